The van der Waals surface area contributed by atoms with Gasteiger partial charge in [-0.25, -0.2) is 0 Å². The number of nitrogens with two attached hydrogens (primary N) is 1. The zero-order chi connectivity index (χ0) is 13.1. The lowest BCUT2D eigenvalue weighted by molar-refractivity contribution is -0.135. The third kappa shape index (κ3) is 2.28. The Morgan fingerprint density at radius 2 is 2.06 bits per heavy atom. The van der Waals surface area contributed by atoms with Crippen molar-refractivity contribution in [3.8, 4) is 6.07 Å². The summed E-state index contributed by atoms with van der Waals surface area (Å²) in [6, 6.07) is 1.42. The van der Waals surface area contributed by atoms with Crippen LogP contribution in [-0.2, 0) is 4.79 Å². The van der Waals surface area contributed by atoms with E-state index in [2.05, 4.69) is 12.6 Å². The molecule has 1 aliphatic heterocycles. The van der Waals surface area contributed by atoms with Gasteiger partial charge in [-0.2, -0.15) is 5.26 Å². The molecule has 2 N–H and O–H groups in total. The second-order valence-electron chi connectivity index (χ2n) is 5.34. The van der Waals surface area contributed by atoms with E-state index in [1.54, 1.807) is 11.0 Å². The van der Waals surface area contributed by atoms with Crippen LogP contribution in [0, 0.1) is 17.2 Å². The minimum absolute atomic E-state index is 0.0189. The van der Waals surface area contributed by atoms with Crippen molar-refractivity contribution in [2.45, 2.75) is 56.7 Å². The number of likely N-dealkylation sites (tertiary alicyclic amines) is 1. The maximum absolute atomic E-state index is 12.5. The molecule has 4 nitrogen and oxygen atoms in total. The van der Waals surface area contributed by atoms with Crippen molar-refractivity contribution in [1.82, 2.24) is 4.90 Å². The number of nitriles is 1. The lowest BCUT2D eigenvalue weighted by Crippen LogP contribution is -2.51. The standard InChI is InChI=1S/C14H21N3O/c1-2-11-7-8-12(9-15)17(11)14(18)13(16)10-5-3-4-6-10/h2,10-13H,1,3-8,16H2/t11?,12?,13-/m1/s1. The van der Waals surface area contributed by atoms with Crippen molar-refractivity contribution in [1.29, 1.82) is 5.26 Å². The topological polar surface area (TPSA) is 70.1 Å². The monoisotopic (exact) mass is 247 g/mol. The molecule has 0 aromatic rings. The van der Waals surface area contributed by atoms with Gasteiger partial charge in [-0.05, 0) is 31.6 Å². The molecule has 98 valence electrons. The van der Waals surface area contributed by atoms with E-state index < -0.39 is 6.04 Å². The highest BCUT2D eigenvalue weighted by Gasteiger charge is 2.39. The van der Waals surface area contributed by atoms with E-state index in [1.807, 2.05) is 0 Å². The zero-order valence-electron chi connectivity index (χ0n) is 10.7. The van der Waals surface area contributed by atoms with Gasteiger partial charge < -0.3 is 10.6 Å². The number of hydrogen-bond acceptors (Lipinski definition) is 3. The van der Waals surface area contributed by atoms with Crippen LogP contribution in [-0.4, -0.2) is 28.9 Å². The highest BCUT2D eigenvalue weighted by Crippen LogP contribution is 2.31. The van der Waals surface area contributed by atoms with Gasteiger partial charge in [0.05, 0.1) is 18.2 Å². The molecule has 4 heteroatoms. The summed E-state index contributed by atoms with van der Waals surface area (Å²) in [4.78, 5) is 14.1. The van der Waals surface area contributed by atoms with Crippen LogP contribution < -0.4 is 5.73 Å². The summed E-state index contributed by atoms with van der Waals surface area (Å²) in [5.41, 5.74) is 6.10. The number of rotatable bonds is 3. The molecule has 2 aliphatic rings. The number of carbonyl (C=O) groups excluding carboxylic acids is 1. The normalized spacial score (nSPS) is 30.1. The summed E-state index contributed by atoms with van der Waals surface area (Å²) < 4.78 is 0. The van der Waals surface area contributed by atoms with Gasteiger partial charge in [0, 0.05) is 0 Å². The van der Waals surface area contributed by atoms with Crippen molar-refractivity contribution < 1.29 is 4.79 Å². The molecule has 0 aromatic carbocycles. The van der Waals surface area contributed by atoms with Gasteiger partial charge in [0.2, 0.25) is 5.91 Å². The summed E-state index contributed by atoms with van der Waals surface area (Å²) in [5, 5.41) is 9.13. The van der Waals surface area contributed by atoms with Crippen LogP contribution in [0.3, 0.4) is 0 Å². The molecule has 2 unspecified atom stereocenters. The van der Waals surface area contributed by atoms with Crippen molar-refractivity contribution in [3.05, 3.63) is 12.7 Å². The Morgan fingerprint density at radius 3 is 2.61 bits per heavy atom. The van der Waals surface area contributed by atoms with E-state index in [0.29, 0.717) is 5.92 Å². The summed E-state index contributed by atoms with van der Waals surface area (Å²) in [6.07, 6.45) is 7.72. The van der Waals surface area contributed by atoms with E-state index in [0.717, 1.165) is 38.5 Å². The molecule has 0 aromatic heterocycles. The second kappa shape index (κ2) is 5.53. The molecule has 1 amide bonds. The molecule has 1 heterocycles. The lowest BCUT2D eigenvalue weighted by atomic mass is 9.97. The third-order valence-corrected chi connectivity index (χ3v) is 4.30. The highest BCUT2D eigenvalue weighted by molar-refractivity contribution is 5.83. The number of amides is 1. The van der Waals surface area contributed by atoms with Gasteiger partial charge >= 0.3 is 0 Å². The molecule has 18 heavy (non-hydrogen) atoms. The quantitative estimate of drug-likeness (QED) is 0.770. The summed E-state index contributed by atoms with van der Waals surface area (Å²) in [6.45, 7) is 3.76. The minimum atomic E-state index is -0.441. The van der Waals surface area contributed by atoms with E-state index in [4.69, 9.17) is 11.0 Å². The molecule has 2 fully saturated rings. The van der Waals surface area contributed by atoms with Crippen molar-refractivity contribution in [2.24, 2.45) is 11.7 Å². The molecule has 0 radical (unpaired) electrons. The van der Waals surface area contributed by atoms with Crippen LogP contribution in [0.5, 0.6) is 0 Å². The van der Waals surface area contributed by atoms with Crippen molar-refractivity contribution in [3.63, 3.8) is 0 Å². The average molecular weight is 247 g/mol. The maximum Gasteiger partial charge on any atom is 0.241 e. The number of carbonyl (C=O) groups is 1. The zero-order valence-corrected chi connectivity index (χ0v) is 10.7. The number of nitrogens with zero attached hydrogens (tertiary/aromatic N) is 2. The van der Waals surface area contributed by atoms with Crippen LogP contribution in [0.1, 0.15) is 38.5 Å². The molecule has 3 atom stereocenters. The number of hydrogen-bond donors (Lipinski definition) is 1. The van der Waals surface area contributed by atoms with Gasteiger partial charge in [0.25, 0.3) is 0 Å². The first-order valence-electron chi connectivity index (χ1n) is 6.79. The molecule has 1 saturated carbocycles. The van der Waals surface area contributed by atoms with E-state index >= 15 is 0 Å². The Kier molecular flexibility index (Phi) is 4.03. The van der Waals surface area contributed by atoms with Crippen LogP contribution in [0.15, 0.2) is 12.7 Å². The van der Waals surface area contributed by atoms with E-state index in [-0.39, 0.29) is 18.0 Å². The summed E-state index contributed by atoms with van der Waals surface area (Å²) in [5.74, 6) is 0.235. The highest BCUT2D eigenvalue weighted by atomic mass is 16.2. The minimum Gasteiger partial charge on any atom is -0.320 e. The third-order valence-electron chi connectivity index (χ3n) is 4.30. The largest absolute Gasteiger partial charge is 0.320 e. The maximum atomic E-state index is 12.5. The Balaban J connectivity index is 2.10. The predicted molar refractivity (Wildman–Crippen MR) is 69.4 cm³/mol. The molecule has 0 spiro atoms. The first-order valence-corrected chi connectivity index (χ1v) is 6.79. The van der Waals surface area contributed by atoms with Crippen LogP contribution in [0.2, 0.25) is 0 Å². The molecule has 0 bridgehead atoms. The summed E-state index contributed by atoms with van der Waals surface area (Å²) in [7, 11) is 0. The predicted octanol–water partition coefficient (Wildman–Crippen LogP) is 1.57. The van der Waals surface area contributed by atoms with Gasteiger partial charge in [-0.3, -0.25) is 4.79 Å². The first-order chi connectivity index (χ1) is 8.69. The SMILES string of the molecule is C=CC1CCC(C#N)N1C(=O)[C@H](N)C1CCCC1. The van der Waals surface area contributed by atoms with Gasteiger partial charge in [-0.15, -0.1) is 6.58 Å². The van der Waals surface area contributed by atoms with Gasteiger partial charge in [-0.1, -0.05) is 18.9 Å². The molecule has 1 aliphatic carbocycles. The Labute approximate surface area is 108 Å². The molecule has 1 saturated heterocycles. The fraction of sp³-hybridized carbons (Fsp3) is 0.714. The second-order valence-corrected chi connectivity index (χ2v) is 5.34. The summed E-state index contributed by atoms with van der Waals surface area (Å²) >= 11 is 0. The van der Waals surface area contributed by atoms with Crippen LogP contribution in [0.25, 0.3) is 0 Å². The average Bonchev–Trinajstić information content (AvgIpc) is 3.05. The lowest BCUT2D eigenvalue weighted by Gasteiger charge is -2.30. The molecular weight excluding hydrogens is 226 g/mol. The van der Waals surface area contributed by atoms with Crippen molar-refractivity contribution in [2.75, 3.05) is 0 Å². The fourth-order valence-electron chi connectivity index (χ4n) is 3.20. The van der Waals surface area contributed by atoms with E-state index in [1.165, 1.54) is 0 Å². The fourth-order valence-corrected chi connectivity index (χ4v) is 3.20. The Hall–Kier alpha value is -1.34. The smallest absolute Gasteiger partial charge is 0.241 e. The first kappa shape index (κ1) is 13.1. The van der Waals surface area contributed by atoms with Crippen LogP contribution in [0.4, 0.5) is 0 Å². The molecule has 2 rings (SSSR count). The van der Waals surface area contributed by atoms with Gasteiger partial charge in [0.15, 0.2) is 0 Å². The van der Waals surface area contributed by atoms with E-state index in [9.17, 15) is 4.79 Å². The van der Waals surface area contributed by atoms with Crippen LogP contribution >= 0.6 is 0 Å². The van der Waals surface area contributed by atoms with Crippen molar-refractivity contribution >= 4 is 5.91 Å². The Morgan fingerprint density at radius 1 is 1.39 bits per heavy atom. The molecular formula is C14H21N3O. The van der Waals surface area contributed by atoms with Gasteiger partial charge in [0.1, 0.15) is 6.04 Å². The Bertz CT molecular complexity index is 368.